The van der Waals surface area contributed by atoms with Crippen molar-refractivity contribution in [3.8, 4) is 0 Å². The van der Waals surface area contributed by atoms with Crippen molar-refractivity contribution in [2.75, 3.05) is 32.8 Å². The summed E-state index contributed by atoms with van der Waals surface area (Å²) in [6.45, 7) is 20.8. The maximum atomic E-state index is 5.77. The van der Waals surface area contributed by atoms with Crippen molar-refractivity contribution in [3.63, 3.8) is 0 Å². The lowest BCUT2D eigenvalue weighted by Gasteiger charge is -2.42. The van der Waals surface area contributed by atoms with Crippen molar-refractivity contribution in [1.29, 1.82) is 0 Å². The molecule has 0 atom stereocenters. The van der Waals surface area contributed by atoms with Crippen LogP contribution in [0.4, 0.5) is 0 Å². The number of nitrogens with zero attached hydrogens (tertiary/aromatic N) is 1. The summed E-state index contributed by atoms with van der Waals surface area (Å²) >= 11 is 0. The van der Waals surface area contributed by atoms with Gasteiger partial charge in [0.2, 0.25) is 0 Å². The third-order valence-electron chi connectivity index (χ3n) is 3.25. The quantitative estimate of drug-likeness (QED) is 0.836. The van der Waals surface area contributed by atoms with Crippen molar-refractivity contribution in [3.05, 3.63) is 0 Å². The van der Waals surface area contributed by atoms with Gasteiger partial charge >= 0.3 is 0 Å². The Morgan fingerprint density at radius 1 is 1.17 bits per heavy atom. The van der Waals surface area contributed by atoms with E-state index in [-0.39, 0.29) is 11.1 Å². The Morgan fingerprint density at radius 3 is 2.28 bits per heavy atom. The number of hydrogen-bond donors (Lipinski definition) is 1. The second-order valence-corrected chi connectivity index (χ2v) is 8.09. The molecule has 3 nitrogen and oxygen atoms in total. The van der Waals surface area contributed by atoms with Gasteiger partial charge in [0.05, 0.1) is 12.2 Å². The predicted octanol–water partition coefficient (Wildman–Crippen LogP) is 2.51. The Kier molecular flexibility index (Phi) is 4.85. The number of morpholine rings is 1. The normalized spacial score (nSPS) is 22.2. The lowest BCUT2D eigenvalue weighted by Crippen LogP contribution is -2.53. The second-order valence-electron chi connectivity index (χ2n) is 8.09. The van der Waals surface area contributed by atoms with Crippen molar-refractivity contribution < 1.29 is 4.74 Å². The van der Waals surface area contributed by atoms with Gasteiger partial charge in [-0.2, -0.15) is 0 Å². The maximum Gasteiger partial charge on any atom is 0.0753 e. The Hall–Kier alpha value is -0.120. The molecular weight excluding hydrogens is 224 g/mol. The Labute approximate surface area is 113 Å². The van der Waals surface area contributed by atoms with E-state index < -0.39 is 0 Å². The van der Waals surface area contributed by atoms with Gasteiger partial charge in [-0.05, 0) is 40.0 Å². The van der Waals surface area contributed by atoms with E-state index in [1.165, 1.54) is 0 Å². The summed E-state index contributed by atoms with van der Waals surface area (Å²) in [5.41, 5.74) is 0.494. The lowest BCUT2D eigenvalue weighted by atomic mass is 9.90. The summed E-state index contributed by atoms with van der Waals surface area (Å²) < 4.78 is 5.77. The van der Waals surface area contributed by atoms with E-state index in [0.717, 1.165) is 32.8 Å². The molecule has 0 aliphatic carbocycles. The molecule has 0 spiro atoms. The molecule has 1 heterocycles. The molecule has 0 radical (unpaired) electrons. The van der Waals surface area contributed by atoms with Crippen molar-refractivity contribution in [2.24, 2.45) is 5.41 Å². The molecule has 0 aromatic heterocycles. The van der Waals surface area contributed by atoms with Crippen LogP contribution in [-0.4, -0.2) is 48.8 Å². The summed E-state index contributed by atoms with van der Waals surface area (Å²) in [5.74, 6) is 0. The van der Waals surface area contributed by atoms with Gasteiger partial charge in [-0.3, -0.25) is 4.90 Å². The first-order chi connectivity index (χ1) is 7.99. The summed E-state index contributed by atoms with van der Waals surface area (Å²) in [6.07, 6.45) is 0. The minimum atomic E-state index is 0.00574. The van der Waals surface area contributed by atoms with Crippen LogP contribution in [0.5, 0.6) is 0 Å². The van der Waals surface area contributed by atoms with E-state index in [1.54, 1.807) is 0 Å². The molecule has 1 rings (SSSR count). The number of ether oxygens (including phenoxy) is 1. The zero-order chi connectivity index (χ0) is 14.0. The van der Waals surface area contributed by atoms with Crippen molar-refractivity contribution in [2.45, 2.75) is 59.6 Å². The van der Waals surface area contributed by atoms with E-state index in [2.05, 4.69) is 58.7 Å². The van der Waals surface area contributed by atoms with Crippen LogP contribution in [0, 0.1) is 5.41 Å². The van der Waals surface area contributed by atoms with E-state index in [4.69, 9.17) is 4.74 Å². The van der Waals surface area contributed by atoms with Crippen LogP contribution >= 0.6 is 0 Å². The van der Waals surface area contributed by atoms with Gasteiger partial charge in [-0.25, -0.2) is 0 Å². The van der Waals surface area contributed by atoms with Crippen LogP contribution < -0.4 is 5.32 Å². The van der Waals surface area contributed by atoms with Gasteiger partial charge < -0.3 is 10.1 Å². The third kappa shape index (κ3) is 6.17. The second kappa shape index (κ2) is 5.48. The van der Waals surface area contributed by atoms with Gasteiger partial charge in [0.1, 0.15) is 0 Å². The maximum absolute atomic E-state index is 5.77. The monoisotopic (exact) mass is 256 g/mol. The van der Waals surface area contributed by atoms with Crippen molar-refractivity contribution in [1.82, 2.24) is 10.2 Å². The van der Waals surface area contributed by atoms with Crippen LogP contribution in [0.2, 0.25) is 0 Å². The zero-order valence-corrected chi connectivity index (χ0v) is 13.4. The molecule has 0 aromatic carbocycles. The number of nitrogens with one attached hydrogen (secondary N) is 1. The molecule has 1 N–H and O–H groups in total. The molecule has 1 saturated heterocycles. The van der Waals surface area contributed by atoms with Gasteiger partial charge in [0.15, 0.2) is 0 Å². The largest absolute Gasteiger partial charge is 0.373 e. The summed E-state index contributed by atoms with van der Waals surface area (Å²) in [5, 5.41) is 3.61. The lowest BCUT2D eigenvalue weighted by molar-refractivity contribution is -0.0926. The fourth-order valence-corrected chi connectivity index (χ4v) is 2.41. The molecule has 0 bridgehead atoms. The SMILES string of the molecule is CC(C)(CNC(C)(C)C)CN1CCOC(C)(C)C1. The first-order valence-electron chi connectivity index (χ1n) is 7.11. The summed E-state index contributed by atoms with van der Waals surface area (Å²) in [7, 11) is 0. The van der Waals surface area contributed by atoms with E-state index >= 15 is 0 Å². The molecule has 1 fully saturated rings. The third-order valence-corrected chi connectivity index (χ3v) is 3.25. The standard InChI is InChI=1S/C15H32N2O/c1-13(2,3)16-10-14(4,5)11-17-8-9-18-15(6,7)12-17/h16H,8-12H2,1-7H3. The molecule has 108 valence electrons. The average Bonchev–Trinajstić information content (AvgIpc) is 2.11. The number of hydrogen-bond acceptors (Lipinski definition) is 3. The Balaban J connectivity index is 2.44. The van der Waals surface area contributed by atoms with Crippen LogP contribution in [-0.2, 0) is 4.74 Å². The average molecular weight is 256 g/mol. The highest BCUT2D eigenvalue weighted by atomic mass is 16.5. The highest BCUT2D eigenvalue weighted by Crippen LogP contribution is 2.22. The molecule has 0 amide bonds. The fraction of sp³-hybridized carbons (Fsp3) is 1.00. The minimum Gasteiger partial charge on any atom is -0.373 e. The predicted molar refractivity (Wildman–Crippen MR) is 78.0 cm³/mol. The first kappa shape index (κ1) is 15.9. The zero-order valence-electron chi connectivity index (χ0n) is 13.4. The van der Waals surface area contributed by atoms with Crippen molar-refractivity contribution >= 4 is 0 Å². The van der Waals surface area contributed by atoms with E-state index in [9.17, 15) is 0 Å². The molecule has 0 unspecified atom stereocenters. The summed E-state index contributed by atoms with van der Waals surface area (Å²) in [6, 6.07) is 0. The van der Waals surface area contributed by atoms with Crippen LogP contribution in [0.3, 0.4) is 0 Å². The highest BCUT2D eigenvalue weighted by molar-refractivity contribution is 4.85. The van der Waals surface area contributed by atoms with Gasteiger partial charge in [-0.1, -0.05) is 13.8 Å². The summed E-state index contributed by atoms with van der Waals surface area (Å²) in [4.78, 5) is 2.54. The molecular formula is C15H32N2O. The molecule has 0 saturated carbocycles. The molecule has 0 aromatic rings. The smallest absolute Gasteiger partial charge is 0.0753 e. The fourth-order valence-electron chi connectivity index (χ4n) is 2.41. The van der Waals surface area contributed by atoms with Crippen LogP contribution in [0.1, 0.15) is 48.5 Å². The highest BCUT2D eigenvalue weighted by Gasteiger charge is 2.31. The molecule has 1 aliphatic rings. The minimum absolute atomic E-state index is 0.00574. The van der Waals surface area contributed by atoms with Gasteiger partial charge in [-0.15, -0.1) is 0 Å². The topological polar surface area (TPSA) is 24.5 Å². The van der Waals surface area contributed by atoms with Crippen LogP contribution in [0.25, 0.3) is 0 Å². The molecule has 1 aliphatic heterocycles. The Morgan fingerprint density at radius 2 is 1.78 bits per heavy atom. The van der Waals surface area contributed by atoms with Gasteiger partial charge in [0, 0.05) is 31.7 Å². The van der Waals surface area contributed by atoms with E-state index in [0.29, 0.717) is 5.41 Å². The number of rotatable bonds is 4. The Bertz CT molecular complexity index is 266. The first-order valence-corrected chi connectivity index (χ1v) is 7.11. The van der Waals surface area contributed by atoms with Crippen LogP contribution in [0.15, 0.2) is 0 Å². The molecule has 3 heteroatoms. The van der Waals surface area contributed by atoms with Gasteiger partial charge in [0.25, 0.3) is 0 Å². The van der Waals surface area contributed by atoms with E-state index in [1.807, 2.05) is 0 Å². The molecule has 18 heavy (non-hydrogen) atoms.